The van der Waals surface area contributed by atoms with E-state index < -0.39 is 22.4 Å². The first-order chi connectivity index (χ1) is 8.36. The highest BCUT2D eigenvalue weighted by molar-refractivity contribution is 6.06. The van der Waals surface area contributed by atoms with Crippen LogP contribution in [0, 0.1) is 10.1 Å². The molecular weight excluding hydrogens is 240 g/mol. The lowest BCUT2D eigenvalue weighted by Crippen LogP contribution is -2.42. The number of non-ortho nitro benzene ring substituents is 1. The van der Waals surface area contributed by atoms with E-state index in [1.54, 1.807) is 0 Å². The van der Waals surface area contributed by atoms with Gasteiger partial charge in [0.05, 0.1) is 4.92 Å². The Labute approximate surface area is 101 Å². The molecule has 0 radical (unpaired) electrons. The number of urea groups is 1. The van der Waals surface area contributed by atoms with Crippen LogP contribution in [0.5, 0.6) is 0 Å². The second-order valence-corrected chi connectivity index (χ2v) is 4.03. The minimum atomic E-state index is -1.29. The number of hydrogen-bond acceptors (Lipinski definition) is 5. The summed E-state index contributed by atoms with van der Waals surface area (Å²) < 4.78 is 0. The first-order valence-corrected chi connectivity index (χ1v) is 5.02. The van der Waals surface area contributed by atoms with Gasteiger partial charge in [-0.25, -0.2) is 10.6 Å². The minimum absolute atomic E-state index is 0.0938. The van der Waals surface area contributed by atoms with E-state index in [-0.39, 0.29) is 5.69 Å². The molecule has 1 atom stereocenters. The summed E-state index contributed by atoms with van der Waals surface area (Å²) in [5.41, 5.74) is -0.954. The highest BCUT2D eigenvalue weighted by atomic mass is 16.6. The molecule has 8 nitrogen and oxygen atoms in total. The molecule has 1 aliphatic heterocycles. The summed E-state index contributed by atoms with van der Waals surface area (Å²) in [5.74, 6) is 4.67. The second-order valence-electron chi connectivity index (χ2n) is 4.03. The van der Waals surface area contributed by atoms with Gasteiger partial charge in [0.1, 0.15) is 5.54 Å². The minimum Gasteiger partial charge on any atom is -0.318 e. The Balaban J connectivity index is 2.40. The summed E-state index contributed by atoms with van der Waals surface area (Å²) in [6.07, 6.45) is 0. The van der Waals surface area contributed by atoms with E-state index in [2.05, 4.69) is 5.32 Å². The molecule has 1 aromatic rings. The van der Waals surface area contributed by atoms with Crippen molar-refractivity contribution in [3.63, 3.8) is 0 Å². The van der Waals surface area contributed by atoms with Crippen LogP contribution in [-0.2, 0) is 10.3 Å². The monoisotopic (exact) mass is 250 g/mol. The SMILES string of the molecule is C[C@]1(c2ccc([N+](=O)[O-])cc2)NC(=O)N(N)C1=O. The number of nitrogens with zero attached hydrogens (tertiary/aromatic N) is 2. The molecule has 0 aliphatic carbocycles. The largest absolute Gasteiger partial charge is 0.339 e. The van der Waals surface area contributed by atoms with Crippen LogP contribution in [-0.4, -0.2) is 21.9 Å². The Morgan fingerprint density at radius 3 is 2.28 bits per heavy atom. The highest BCUT2D eigenvalue weighted by Crippen LogP contribution is 2.28. The van der Waals surface area contributed by atoms with Gasteiger partial charge in [0.2, 0.25) is 0 Å². The van der Waals surface area contributed by atoms with Crippen LogP contribution >= 0.6 is 0 Å². The summed E-state index contributed by atoms with van der Waals surface area (Å²) in [4.78, 5) is 33.1. The normalized spacial score (nSPS) is 23.1. The van der Waals surface area contributed by atoms with Crippen molar-refractivity contribution in [1.82, 2.24) is 10.3 Å². The van der Waals surface area contributed by atoms with Gasteiger partial charge in [0, 0.05) is 12.1 Å². The third-order valence-corrected chi connectivity index (χ3v) is 2.88. The first-order valence-electron chi connectivity index (χ1n) is 5.02. The number of nitrogens with one attached hydrogen (secondary N) is 1. The molecule has 3 amide bonds. The Kier molecular flexibility index (Phi) is 2.51. The molecule has 3 N–H and O–H groups in total. The fourth-order valence-corrected chi connectivity index (χ4v) is 1.77. The number of nitrogens with two attached hydrogens (primary N) is 1. The Morgan fingerprint density at radius 1 is 1.33 bits per heavy atom. The Morgan fingerprint density at radius 2 is 1.89 bits per heavy atom. The van der Waals surface area contributed by atoms with E-state index >= 15 is 0 Å². The summed E-state index contributed by atoms with van der Waals surface area (Å²) in [5, 5.41) is 13.4. The van der Waals surface area contributed by atoms with Crippen molar-refractivity contribution in [3.05, 3.63) is 39.9 Å². The smallest absolute Gasteiger partial charge is 0.318 e. The van der Waals surface area contributed by atoms with Crippen LogP contribution in [0.4, 0.5) is 10.5 Å². The molecular formula is C10H10N4O4. The number of carbonyl (C=O) groups excluding carboxylic acids is 2. The maximum atomic E-state index is 11.8. The molecule has 0 spiro atoms. The van der Waals surface area contributed by atoms with Gasteiger partial charge < -0.3 is 5.32 Å². The van der Waals surface area contributed by atoms with E-state index in [9.17, 15) is 19.7 Å². The van der Waals surface area contributed by atoms with Crippen molar-refractivity contribution in [2.45, 2.75) is 12.5 Å². The van der Waals surface area contributed by atoms with Crippen LogP contribution in [0.25, 0.3) is 0 Å². The molecule has 1 fully saturated rings. The van der Waals surface area contributed by atoms with E-state index in [0.29, 0.717) is 10.6 Å². The average Bonchev–Trinajstić information content (AvgIpc) is 2.54. The molecule has 18 heavy (non-hydrogen) atoms. The van der Waals surface area contributed by atoms with Gasteiger partial charge >= 0.3 is 6.03 Å². The van der Waals surface area contributed by atoms with Gasteiger partial charge in [-0.2, -0.15) is 5.01 Å². The summed E-state index contributed by atoms with van der Waals surface area (Å²) in [6.45, 7) is 1.49. The maximum Gasteiger partial charge on any atom is 0.339 e. The van der Waals surface area contributed by atoms with Crippen molar-refractivity contribution in [2.75, 3.05) is 0 Å². The number of nitro benzene ring substituents is 1. The summed E-state index contributed by atoms with van der Waals surface area (Å²) >= 11 is 0. The molecule has 1 aliphatic rings. The molecule has 0 unspecified atom stereocenters. The van der Waals surface area contributed by atoms with Crippen molar-refractivity contribution >= 4 is 17.6 Å². The van der Waals surface area contributed by atoms with E-state index in [1.165, 1.54) is 31.2 Å². The van der Waals surface area contributed by atoms with Crippen LogP contribution in [0.3, 0.4) is 0 Å². The third kappa shape index (κ3) is 1.59. The molecule has 1 aromatic carbocycles. The molecule has 0 aromatic heterocycles. The highest BCUT2D eigenvalue weighted by Gasteiger charge is 2.48. The number of amides is 3. The van der Waals surface area contributed by atoms with Crippen molar-refractivity contribution in [3.8, 4) is 0 Å². The molecule has 0 saturated carbocycles. The zero-order valence-electron chi connectivity index (χ0n) is 9.41. The van der Waals surface area contributed by atoms with E-state index in [0.717, 1.165) is 0 Å². The van der Waals surface area contributed by atoms with Crippen LogP contribution in [0.1, 0.15) is 12.5 Å². The van der Waals surface area contributed by atoms with Gasteiger partial charge in [-0.05, 0) is 24.6 Å². The van der Waals surface area contributed by atoms with Gasteiger partial charge in [0.25, 0.3) is 11.6 Å². The molecule has 2 rings (SSSR count). The second kappa shape index (κ2) is 3.77. The third-order valence-electron chi connectivity index (χ3n) is 2.88. The first kappa shape index (κ1) is 12.0. The Hall–Kier alpha value is -2.48. The Bertz CT molecular complexity index is 541. The molecule has 1 heterocycles. The quantitative estimate of drug-likeness (QED) is 0.256. The standard InChI is InChI=1S/C10H10N4O4/c1-10(8(15)13(11)9(16)12-10)6-2-4-7(5-3-6)14(17)18/h2-5H,11H2,1H3,(H,12,16)/t10-/m1/s1. The zero-order chi connectivity index (χ0) is 13.5. The maximum absolute atomic E-state index is 11.8. The number of imide groups is 1. The van der Waals surface area contributed by atoms with Crippen molar-refractivity contribution in [1.29, 1.82) is 0 Å². The predicted molar refractivity (Wildman–Crippen MR) is 60.0 cm³/mol. The number of nitro groups is 1. The lowest BCUT2D eigenvalue weighted by Gasteiger charge is -2.20. The van der Waals surface area contributed by atoms with Gasteiger partial charge in [-0.3, -0.25) is 14.9 Å². The molecule has 8 heteroatoms. The summed E-state index contributed by atoms with van der Waals surface area (Å²) in [6, 6.07) is 4.64. The van der Waals surface area contributed by atoms with Gasteiger partial charge in [-0.15, -0.1) is 0 Å². The predicted octanol–water partition coefficient (Wildman–Crippen LogP) is 0.235. The number of hydrogen-bond donors (Lipinski definition) is 2. The number of rotatable bonds is 2. The number of benzene rings is 1. The molecule has 0 bridgehead atoms. The van der Waals surface area contributed by atoms with Crippen LogP contribution in [0.2, 0.25) is 0 Å². The van der Waals surface area contributed by atoms with Gasteiger partial charge in [-0.1, -0.05) is 0 Å². The van der Waals surface area contributed by atoms with Crippen molar-refractivity contribution in [2.24, 2.45) is 5.84 Å². The lowest BCUT2D eigenvalue weighted by atomic mass is 9.92. The van der Waals surface area contributed by atoms with E-state index in [4.69, 9.17) is 5.84 Å². The van der Waals surface area contributed by atoms with Crippen LogP contribution in [0.15, 0.2) is 24.3 Å². The number of hydrazine groups is 1. The fraction of sp³-hybridized carbons (Fsp3) is 0.200. The molecule has 94 valence electrons. The average molecular weight is 250 g/mol. The van der Waals surface area contributed by atoms with Crippen LogP contribution < -0.4 is 11.2 Å². The van der Waals surface area contributed by atoms with E-state index in [1.807, 2.05) is 0 Å². The zero-order valence-corrected chi connectivity index (χ0v) is 9.41. The van der Waals surface area contributed by atoms with Gasteiger partial charge in [0.15, 0.2) is 0 Å². The summed E-state index contributed by atoms with van der Waals surface area (Å²) in [7, 11) is 0. The lowest BCUT2D eigenvalue weighted by molar-refractivity contribution is -0.384. The number of carbonyl (C=O) groups is 2. The van der Waals surface area contributed by atoms with Crippen molar-refractivity contribution < 1.29 is 14.5 Å². The topological polar surface area (TPSA) is 119 Å². The fourth-order valence-electron chi connectivity index (χ4n) is 1.77. The molecule has 1 saturated heterocycles.